The molecule has 1 aliphatic rings. The van der Waals surface area contributed by atoms with Gasteiger partial charge in [-0.05, 0) is 19.8 Å². The molecule has 1 amide bonds. The maximum absolute atomic E-state index is 11.8. The molecular weight excluding hydrogens is 244 g/mol. The van der Waals surface area contributed by atoms with Crippen LogP contribution in [0.4, 0.5) is 0 Å². The lowest BCUT2D eigenvalue weighted by atomic mass is 10.1. The van der Waals surface area contributed by atoms with Crippen molar-refractivity contribution in [3.8, 4) is 0 Å². The molecule has 1 fully saturated rings. The van der Waals surface area contributed by atoms with Crippen LogP contribution in [0.2, 0.25) is 0 Å². The van der Waals surface area contributed by atoms with E-state index in [1.54, 1.807) is 4.68 Å². The molecule has 106 valence electrons. The third-order valence-electron chi connectivity index (χ3n) is 3.30. The van der Waals surface area contributed by atoms with Gasteiger partial charge in [0.05, 0.1) is 12.2 Å². The Hall–Kier alpha value is -1.40. The van der Waals surface area contributed by atoms with Crippen LogP contribution < -0.4 is 10.6 Å². The SMILES string of the molecule is Cc1nn(C)cc1CNCC(=O)NC1CCOCC1. The lowest BCUT2D eigenvalue weighted by molar-refractivity contribution is -0.121. The summed E-state index contributed by atoms with van der Waals surface area (Å²) in [5.41, 5.74) is 2.13. The summed E-state index contributed by atoms with van der Waals surface area (Å²) in [6.07, 6.45) is 3.79. The number of carbonyl (C=O) groups is 1. The molecule has 0 aliphatic carbocycles. The predicted molar refractivity (Wildman–Crippen MR) is 71.6 cm³/mol. The first-order valence-corrected chi connectivity index (χ1v) is 6.72. The Morgan fingerprint density at radius 2 is 2.26 bits per heavy atom. The van der Waals surface area contributed by atoms with Gasteiger partial charge in [0.2, 0.25) is 5.91 Å². The van der Waals surface area contributed by atoms with Crippen molar-refractivity contribution in [1.82, 2.24) is 20.4 Å². The Morgan fingerprint density at radius 3 is 2.89 bits per heavy atom. The second-order valence-corrected chi connectivity index (χ2v) is 4.97. The number of amides is 1. The molecule has 0 unspecified atom stereocenters. The van der Waals surface area contributed by atoms with Crippen molar-refractivity contribution >= 4 is 5.91 Å². The molecule has 0 radical (unpaired) electrons. The van der Waals surface area contributed by atoms with E-state index in [0.717, 1.165) is 37.3 Å². The van der Waals surface area contributed by atoms with E-state index in [2.05, 4.69) is 15.7 Å². The van der Waals surface area contributed by atoms with E-state index in [4.69, 9.17) is 4.74 Å². The minimum Gasteiger partial charge on any atom is -0.381 e. The molecule has 6 nitrogen and oxygen atoms in total. The number of hydrogen-bond acceptors (Lipinski definition) is 4. The van der Waals surface area contributed by atoms with Crippen molar-refractivity contribution < 1.29 is 9.53 Å². The van der Waals surface area contributed by atoms with Crippen LogP contribution in [0, 0.1) is 6.92 Å². The van der Waals surface area contributed by atoms with E-state index in [9.17, 15) is 4.79 Å². The Labute approximate surface area is 113 Å². The Morgan fingerprint density at radius 1 is 1.53 bits per heavy atom. The van der Waals surface area contributed by atoms with E-state index in [1.165, 1.54) is 0 Å². The van der Waals surface area contributed by atoms with E-state index >= 15 is 0 Å². The zero-order valence-corrected chi connectivity index (χ0v) is 11.6. The Balaban J connectivity index is 1.67. The smallest absolute Gasteiger partial charge is 0.234 e. The van der Waals surface area contributed by atoms with E-state index in [-0.39, 0.29) is 11.9 Å². The van der Waals surface area contributed by atoms with Gasteiger partial charge in [-0.3, -0.25) is 9.48 Å². The molecule has 2 heterocycles. The molecule has 2 N–H and O–H groups in total. The van der Waals surface area contributed by atoms with E-state index in [0.29, 0.717) is 13.1 Å². The van der Waals surface area contributed by atoms with Crippen LogP contribution in [0.5, 0.6) is 0 Å². The quantitative estimate of drug-likeness (QED) is 0.794. The largest absolute Gasteiger partial charge is 0.381 e. The van der Waals surface area contributed by atoms with Crippen molar-refractivity contribution in [3.63, 3.8) is 0 Å². The zero-order valence-electron chi connectivity index (χ0n) is 11.6. The number of nitrogens with one attached hydrogen (secondary N) is 2. The molecular formula is C13H22N4O2. The number of nitrogens with zero attached hydrogens (tertiary/aromatic N) is 2. The summed E-state index contributed by atoms with van der Waals surface area (Å²) < 4.78 is 7.05. The Bertz CT molecular complexity index is 424. The number of hydrogen-bond donors (Lipinski definition) is 2. The van der Waals surface area contributed by atoms with Crippen LogP contribution in [0.3, 0.4) is 0 Å². The molecule has 6 heteroatoms. The van der Waals surface area contributed by atoms with Gasteiger partial charge in [0, 0.05) is 44.6 Å². The summed E-state index contributed by atoms with van der Waals surface area (Å²) in [5, 5.41) is 10.4. The molecule has 1 aromatic heterocycles. The second-order valence-electron chi connectivity index (χ2n) is 4.97. The van der Waals surface area contributed by atoms with E-state index in [1.807, 2.05) is 20.2 Å². The van der Waals surface area contributed by atoms with Gasteiger partial charge in [-0.1, -0.05) is 0 Å². The summed E-state index contributed by atoms with van der Waals surface area (Å²) in [5.74, 6) is 0.0495. The molecule has 0 spiro atoms. The van der Waals surface area contributed by atoms with Crippen LogP contribution >= 0.6 is 0 Å². The minimum absolute atomic E-state index is 0.0495. The van der Waals surface area contributed by atoms with Crippen molar-refractivity contribution in [2.45, 2.75) is 32.4 Å². The van der Waals surface area contributed by atoms with Crippen LogP contribution in [0.15, 0.2) is 6.20 Å². The number of ether oxygens (including phenoxy) is 1. The van der Waals surface area contributed by atoms with Crippen LogP contribution in [0.25, 0.3) is 0 Å². The highest BCUT2D eigenvalue weighted by Gasteiger charge is 2.15. The molecule has 0 bridgehead atoms. The average Bonchev–Trinajstić information content (AvgIpc) is 2.69. The minimum atomic E-state index is 0.0495. The maximum atomic E-state index is 11.8. The van der Waals surface area contributed by atoms with Crippen molar-refractivity contribution in [3.05, 3.63) is 17.5 Å². The summed E-state index contributed by atoms with van der Waals surface area (Å²) in [7, 11) is 1.90. The normalized spacial score (nSPS) is 16.5. The number of aryl methyl sites for hydroxylation is 2. The van der Waals surface area contributed by atoms with Gasteiger partial charge in [0.1, 0.15) is 0 Å². The summed E-state index contributed by atoms with van der Waals surface area (Å²) in [6, 6.07) is 0.267. The van der Waals surface area contributed by atoms with Gasteiger partial charge >= 0.3 is 0 Å². The zero-order chi connectivity index (χ0) is 13.7. The van der Waals surface area contributed by atoms with Crippen LogP contribution in [0.1, 0.15) is 24.1 Å². The highest BCUT2D eigenvalue weighted by molar-refractivity contribution is 5.78. The fraction of sp³-hybridized carbons (Fsp3) is 0.692. The third-order valence-corrected chi connectivity index (χ3v) is 3.30. The van der Waals surface area contributed by atoms with Crippen molar-refractivity contribution in [1.29, 1.82) is 0 Å². The highest BCUT2D eigenvalue weighted by Crippen LogP contribution is 2.06. The molecule has 19 heavy (non-hydrogen) atoms. The molecule has 0 aromatic carbocycles. The molecule has 1 saturated heterocycles. The third kappa shape index (κ3) is 4.33. The lowest BCUT2D eigenvalue weighted by Crippen LogP contribution is -2.42. The van der Waals surface area contributed by atoms with Crippen molar-refractivity contribution in [2.75, 3.05) is 19.8 Å². The van der Waals surface area contributed by atoms with Crippen LogP contribution in [-0.2, 0) is 23.1 Å². The van der Waals surface area contributed by atoms with Crippen molar-refractivity contribution in [2.24, 2.45) is 7.05 Å². The van der Waals surface area contributed by atoms with E-state index < -0.39 is 0 Å². The monoisotopic (exact) mass is 266 g/mol. The van der Waals surface area contributed by atoms with Gasteiger partial charge in [-0.15, -0.1) is 0 Å². The van der Waals surface area contributed by atoms with Gasteiger partial charge in [-0.2, -0.15) is 5.10 Å². The van der Waals surface area contributed by atoms with Gasteiger partial charge < -0.3 is 15.4 Å². The topological polar surface area (TPSA) is 68.2 Å². The number of rotatable bonds is 5. The highest BCUT2D eigenvalue weighted by atomic mass is 16.5. The lowest BCUT2D eigenvalue weighted by Gasteiger charge is -2.23. The molecule has 2 rings (SSSR count). The fourth-order valence-electron chi connectivity index (χ4n) is 2.25. The van der Waals surface area contributed by atoms with Crippen LogP contribution in [-0.4, -0.2) is 41.5 Å². The number of carbonyl (C=O) groups excluding carboxylic acids is 1. The standard InChI is InChI=1S/C13H22N4O2/c1-10-11(9-17(2)16-10)7-14-8-13(18)15-12-3-5-19-6-4-12/h9,12,14H,3-8H2,1-2H3,(H,15,18). The maximum Gasteiger partial charge on any atom is 0.234 e. The van der Waals surface area contributed by atoms with Gasteiger partial charge in [0.25, 0.3) is 0 Å². The molecule has 1 aliphatic heterocycles. The Kier molecular flexibility index (Phi) is 4.93. The molecule has 0 atom stereocenters. The summed E-state index contributed by atoms with van der Waals surface area (Å²) in [4.78, 5) is 11.8. The first-order valence-electron chi connectivity index (χ1n) is 6.72. The first-order chi connectivity index (χ1) is 9.15. The average molecular weight is 266 g/mol. The number of aromatic nitrogens is 2. The molecule has 0 saturated carbocycles. The summed E-state index contributed by atoms with van der Waals surface area (Å²) >= 11 is 0. The second kappa shape index (κ2) is 6.68. The molecule has 1 aromatic rings. The fourth-order valence-corrected chi connectivity index (χ4v) is 2.25. The van der Waals surface area contributed by atoms with Gasteiger partial charge in [-0.25, -0.2) is 0 Å². The van der Waals surface area contributed by atoms with Gasteiger partial charge in [0.15, 0.2) is 0 Å². The summed E-state index contributed by atoms with van der Waals surface area (Å²) in [6.45, 7) is 4.46. The first kappa shape index (κ1) is 14.0. The predicted octanol–water partition coefficient (Wildman–Crippen LogP) is 0.113.